The average Bonchev–Trinajstić information content (AvgIpc) is 3.50. The van der Waals surface area contributed by atoms with E-state index >= 15 is 0 Å². The predicted molar refractivity (Wildman–Crippen MR) is 192 cm³/mol. The summed E-state index contributed by atoms with van der Waals surface area (Å²) in [5.41, 5.74) is 3.67. The molecule has 262 valence electrons. The van der Waals surface area contributed by atoms with Crippen molar-refractivity contribution in [2.45, 2.75) is 70.3 Å². The van der Waals surface area contributed by atoms with E-state index in [0.717, 1.165) is 44.3 Å². The van der Waals surface area contributed by atoms with Crippen LogP contribution in [0.2, 0.25) is 5.02 Å². The van der Waals surface area contributed by atoms with Crippen molar-refractivity contribution < 1.29 is 23.3 Å². The molecule has 3 aromatic rings. The lowest BCUT2D eigenvalue weighted by Gasteiger charge is -2.43. The number of aromatic nitrogens is 2. The number of amides is 2. The van der Waals surface area contributed by atoms with Crippen LogP contribution in [-0.2, 0) is 34.7 Å². The molecule has 2 aromatic carbocycles. The zero-order valence-electron chi connectivity index (χ0n) is 28.6. The number of nitrogens with zero attached hydrogens (tertiary/aromatic N) is 4. The van der Waals surface area contributed by atoms with Gasteiger partial charge in [-0.05, 0) is 105 Å². The van der Waals surface area contributed by atoms with E-state index in [2.05, 4.69) is 43.4 Å². The maximum atomic E-state index is 14.7. The summed E-state index contributed by atoms with van der Waals surface area (Å²) < 4.78 is 35.6. The highest BCUT2D eigenvalue weighted by atomic mass is 35.5. The monoisotopic (exact) mass is 707 g/mol. The number of hydrogen-bond acceptors (Lipinski definition) is 7. The molecule has 0 radical (unpaired) electrons. The van der Waals surface area contributed by atoms with Crippen molar-refractivity contribution in [3.63, 3.8) is 0 Å². The first-order chi connectivity index (χ1) is 23.5. The van der Waals surface area contributed by atoms with Crippen LogP contribution in [0.25, 0.3) is 0 Å². The Morgan fingerprint density at radius 3 is 2.69 bits per heavy atom. The lowest BCUT2D eigenvalue weighted by atomic mass is 9.70. The molecule has 3 aliphatic rings. The number of anilines is 1. The number of halogens is 1. The van der Waals surface area contributed by atoms with Crippen LogP contribution in [0, 0.1) is 17.8 Å². The number of allylic oxidation sites excluding steroid dienone is 1. The Bertz CT molecular complexity index is 1850. The van der Waals surface area contributed by atoms with Gasteiger partial charge in [0.2, 0.25) is 0 Å². The minimum atomic E-state index is -3.60. The third-order valence-electron chi connectivity index (χ3n) is 10.4. The zero-order valence-corrected chi connectivity index (χ0v) is 30.2. The molecule has 6 atom stereocenters. The van der Waals surface area contributed by atoms with Gasteiger partial charge in [0.1, 0.15) is 15.7 Å². The zero-order chi connectivity index (χ0) is 34.7. The smallest absolute Gasteiger partial charge is 0.286 e. The highest BCUT2D eigenvalue weighted by Gasteiger charge is 2.38. The molecule has 6 rings (SSSR count). The van der Waals surface area contributed by atoms with Crippen LogP contribution < -0.4 is 14.4 Å². The van der Waals surface area contributed by atoms with Crippen LogP contribution in [0.15, 0.2) is 65.3 Å². The molecule has 1 aromatic heterocycles. The van der Waals surface area contributed by atoms with Gasteiger partial charge in [0.15, 0.2) is 0 Å². The molecule has 1 fully saturated rings. The van der Waals surface area contributed by atoms with E-state index in [1.807, 2.05) is 19.1 Å². The fraction of sp³-hybridized carbons (Fsp3) is 0.486. The number of fused-ring (bicyclic) bond motifs is 3. The first-order valence-corrected chi connectivity index (χ1v) is 19.1. The van der Waals surface area contributed by atoms with Gasteiger partial charge in [0.05, 0.1) is 35.4 Å². The molecule has 10 nitrogen and oxygen atoms in total. The van der Waals surface area contributed by atoms with Crippen LogP contribution in [0.4, 0.5) is 5.69 Å². The Labute approximate surface area is 294 Å². The molecule has 0 spiro atoms. The SMILES string of the molecule is CO[C@H]1/C=C/C[C@H](C)[C@@H](C)S(=O)(NC(=O)c2cnn(C)c2)=NC(=O)c2ccc3c(c2)N(Cc2ccc(Cl)cc2CCCCO3)C[C@@H]2CC[C@H]21. The minimum absolute atomic E-state index is 0.0767. The van der Waals surface area contributed by atoms with Gasteiger partial charge in [-0.1, -0.05) is 36.7 Å². The van der Waals surface area contributed by atoms with Crippen molar-refractivity contribution in [2.24, 2.45) is 29.2 Å². The maximum Gasteiger partial charge on any atom is 0.286 e. The second-order valence-electron chi connectivity index (χ2n) is 13.6. The molecule has 2 aliphatic heterocycles. The molecular formula is C37H46ClN5O5S. The highest BCUT2D eigenvalue weighted by Crippen LogP contribution is 2.42. The Morgan fingerprint density at radius 2 is 1.96 bits per heavy atom. The van der Waals surface area contributed by atoms with Gasteiger partial charge in [0, 0.05) is 44.0 Å². The lowest BCUT2D eigenvalue weighted by Crippen LogP contribution is -2.43. The molecule has 2 bridgehead atoms. The Balaban J connectivity index is 1.48. The molecule has 49 heavy (non-hydrogen) atoms. The fourth-order valence-electron chi connectivity index (χ4n) is 7.03. The number of ether oxygens (including phenoxy) is 2. The van der Waals surface area contributed by atoms with Gasteiger partial charge < -0.3 is 14.4 Å². The number of rotatable bonds is 3. The number of aryl methyl sites for hydroxylation is 2. The number of nitrogens with one attached hydrogen (secondary N) is 1. The summed E-state index contributed by atoms with van der Waals surface area (Å²) in [6.07, 6.45) is 12.4. The standard InChI is InChI=1S/C37H46ClN5O5S/c1-24-8-7-10-34(47-4)32-15-12-29(32)23-43-22-28-11-14-31(38)18-26(28)9-5-6-17-48-35-16-13-27(19-33(35)43)36(44)40-49(46,25(24)2)41-37(45)30-20-39-42(3)21-30/h7,10-11,13-14,16,18-21,24-25,29,32,34H,5-6,8-9,12,15,17,22-23H2,1-4H3,(H,40,41,44,45,46)/b10-7+/t24-,25+,29-,32+,34-,49?/m0/s1. The average molecular weight is 708 g/mol. The van der Waals surface area contributed by atoms with Gasteiger partial charge in [0.25, 0.3) is 11.8 Å². The van der Waals surface area contributed by atoms with E-state index in [9.17, 15) is 13.8 Å². The Kier molecular flexibility index (Phi) is 10.8. The van der Waals surface area contributed by atoms with Gasteiger partial charge in [-0.2, -0.15) is 5.10 Å². The Hall–Kier alpha value is -3.67. The van der Waals surface area contributed by atoms with Crippen LogP contribution in [-0.4, -0.2) is 57.4 Å². The second-order valence-corrected chi connectivity index (χ2v) is 16.3. The van der Waals surface area contributed by atoms with Crippen LogP contribution in [0.5, 0.6) is 5.75 Å². The predicted octanol–water partition coefficient (Wildman–Crippen LogP) is 6.77. The van der Waals surface area contributed by atoms with Crippen molar-refractivity contribution in [3.8, 4) is 5.75 Å². The molecule has 0 saturated heterocycles. The highest BCUT2D eigenvalue weighted by molar-refractivity contribution is 7.93. The van der Waals surface area contributed by atoms with E-state index in [-0.39, 0.29) is 23.1 Å². The van der Waals surface area contributed by atoms with E-state index < -0.39 is 27.0 Å². The summed E-state index contributed by atoms with van der Waals surface area (Å²) >= 11 is 6.46. The van der Waals surface area contributed by atoms with Crippen molar-refractivity contribution in [1.29, 1.82) is 0 Å². The van der Waals surface area contributed by atoms with E-state index in [0.29, 0.717) is 42.2 Å². The van der Waals surface area contributed by atoms with Gasteiger partial charge >= 0.3 is 0 Å². The summed E-state index contributed by atoms with van der Waals surface area (Å²) in [5.74, 6) is -0.0869. The van der Waals surface area contributed by atoms with E-state index in [1.165, 1.54) is 28.2 Å². The molecule has 1 saturated carbocycles. The van der Waals surface area contributed by atoms with Crippen LogP contribution >= 0.6 is 11.6 Å². The maximum absolute atomic E-state index is 14.7. The summed E-state index contributed by atoms with van der Waals surface area (Å²) in [4.78, 5) is 29.7. The number of carbonyl (C=O) groups excluding carboxylic acids is 2. The quantitative estimate of drug-likeness (QED) is 0.299. The van der Waals surface area contributed by atoms with Gasteiger partial charge in [-0.3, -0.25) is 19.0 Å². The van der Waals surface area contributed by atoms with Crippen molar-refractivity contribution in [3.05, 3.63) is 88.2 Å². The Morgan fingerprint density at radius 1 is 1.12 bits per heavy atom. The lowest BCUT2D eigenvalue weighted by molar-refractivity contribution is 0.0133. The summed E-state index contributed by atoms with van der Waals surface area (Å²) in [7, 11) is -0.153. The first kappa shape index (κ1) is 35.2. The molecule has 1 aliphatic carbocycles. The molecule has 3 heterocycles. The fourth-order valence-corrected chi connectivity index (χ4v) is 9.10. The van der Waals surface area contributed by atoms with Gasteiger partial charge in [-0.15, -0.1) is 4.36 Å². The van der Waals surface area contributed by atoms with Crippen molar-refractivity contribution in [1.82, 2.24) is 14.5 Å². The minimum Gasteiger partial charge on any atom is -0.491 e. The van der Waals surface area contributed by atoms with Crippen LogP contribution in [0.1, 0.15) is 77.8 Å². The normalized spacial score (nSPS) is 28.4. The van der Waals surface area contributed by atoms with E-state index in [4.69, 9.17) is 21.1 Å². The van der Waals surface area contributed by atoms with Crippen molar-refractivity contribution >= 4 is 39.0 Å². The number of carbonyl (C=O) groups is 2. The van der Waals surface area contributed by atoms with Crippen LogP contribution in [0.3, 0.4) is 0 Å². The largest absolute Gasteiger partial charge is 0.491 e. The third kappa shape index (κ3) is 7.89. The first-order valence-electron chi connectivity index (χ1n) is 17.1. The molecular weight excluding hydrogens is 662 g/mol. The number of methoxy groups -OCH3 is 1. The van der Waals surface area contributed by atoms with Gasteiger partial charge in [-0.25, -0.2) is 4.21 Å². The summed E-state index contributed by atoms with van der Waals surface area (Å²) in [6.45, 7) is 5.59. The third-order valence-corrected chi connectivity index (χ3v) is 13.0. The summed E-state index contributed by atoms with van der Waals surface area (Å²) in [6, 6.07) is 11.4. The van der Waals surface area contributed by atoms with Crippen molar-refractivity contribution in [2.75, 3.05) is 25.2 Å². The second kappa shape index (κ2) is 15.1. The number of benzene rings is 2. The molecule has 1 N–H and O–H groups in total. The molecule has 1 unspecified atom stereocenters. The van der Waals surface area contributed by atoms with E-state index in [1.54, 1.807) is 33.2 Å². The topological polar surface area (TPSA) is 115 Å². The number of hydrogen-bond donors (Lipinski definition) is 1. The summed E-state index contributed by atoms with van der Waals surface area (Å²) in [5, 5.41) is 4.13. The molecule has 2 amide bonds. The molecule has 12 heteroatoms.